The zero-order chi connectivity index (χ0) is 18.7. The number of hydrogen-bond donors (Lipinski definition) is 1. The van der Waals surface area contributed by atoms with Crippen molar-refractivity contribution in [3.8, 4) is 0 Å². The Morgan fingerprint density at radius 3 is 2.38 bits per heavy atom. The molecule has 2 heterocycles. The van der Waals surface area contributed by atoms with Crippen LogP contribution in [0.3, 0.4) is 0 Å². The predicted molar refractivity (Wildman–Crippen MR) is 97.7 cm³/mol. The molecule has 26 heavy (non-hydrogen) atoms. The molecule has 2 aromatic rings. The number of barbiturate groups is 1. The Kier molecular flexibility index (Phi) is 4.88. The van der Waals surface area contributed by atoms with E-state index >= 15 is 0 Å². The number of carbonyl (C=O) groups excluding carboxylic acids is 3. The fourth-order valence-corrected chi connectivity index (χ4v) is 2.74. The number of nitrogens with one attached hydrogen (secondary N) is 1. The first-order valence-electron chi connectivity index (χ1n) is 8.36. The molecule has 0 spiro atoms. The van der Waals surface area contributed by atoms with Gasteiger partial charge in [-0.1, -0.05) is 18.2 Å². The van der Waals surface area contributed by atoms with Crippen molar-refractivity contribution in [1.82, 2.24) is 5.32 Å². The highest BCUT2D eigenvalue weighted by atomic mass is 16.4. The highest BCUT2D eigenvalue weighted by Crippen LogP contribution is 2.24. The number of anilines is 2. The molecule has 1 aromatic carbocycles. The van der Waals surface area contributed by atoms with Crippen LogP contribution in [0.15, 0.2) is 52.5 Å². The van der Waals surface area contributed by atoms with Crippen molar-refractivity contribution in [3.05, 3.63) is 53.8 Å². The molecule has 0 radical (unpaired) electrons. The molecule has 0 unspecified atom stereocenters. The molecule has 3 rings (SSSR count). The summed E-state index contributed by atoms with van der Waals surface area (Å²) in [7, 11) is 0. The molecule has 134 valence electrons. The van der Waals surface area contributed by atoms with Gasteiger partial charge in [-0.25, -0.2) is 9.69 Å². The van der Waals surface area contributed by atoms with E-state index in [1.165, 1.54) is 6.08 Å². The Bertz CT molecular complexity index is 866. The summed E-state index contributed by atoms with van der Waals surface area (Å²) < 4.78 is 5.71. The number of urea groups is 1. The van der Waals surface area contributed by atoms with E-state index in [0.29, 0.717) is 17.3 Å². The van der Waals surface area contributed by atoms with E-state index < -0.39 is 17.8 Å². The Hall–Kier alpha value is -3.35. The van der Waals surface area contributed by atoms with Crippen LogP contribution in [0.4, 0.5) is 16.4 Å². The zero-order valence-electron chi connectivity index (χ0n) is 14.6. The number of nitrogens with zero attached hydrogens (tertiary/aromatic N) is 2. The molecule has 1 N–H and O–H groups in total. The van der Waals surface area contributed by atoms with Crippen LogP contribution in [0.1, 0.15) is 19.6 Å². The van der Waals surface area contributed by atoms with E-state index in [4.69, 9.17) is 4.42 Å². The summed E-state index contributed by atoms with van der Waals surface area (Å²) >= 11 is 0. The van der Waals surface area contributed by atoms with E-state index in [2.05, 4.69) is 5.32 Å². The highest BCUT2D eigenvalue weighted by molar-refractivity contribution is 6.39. The van der Waals surface area contributed by atoms with Gasteiger partial charge in [-0.3, -0.25) is 14.9 Å². The second-order valence-electron chi connectivity index (χ2n) is 5.64. The minimum Gasteiger partial charge on any atom is -0.441 e. The van der Waals surface area contributed by atoms with E-state index in [-0.39, 0.29) is 5.57 Å². The molecule has 0 bridgehead atoms. The summed E-state index contributed by atoms with van der Waals surface area (Å²) in [5.74, 6) is -0.409. The van der Waals surface area contributed by atoms with Gasteiger partial charge < -0.3 is 9.32 Å². The normalized spacial score (nSPS) is 16.2. The van der Waals surface area contributed by atoms with Gasteiger partial charge in [-0.2, -0.15) is 0 Å². The minimum absolute atomic E-state index is 0.158. The summed E-state index contributed by atoms with van der Waals surface area (Å²) in [6.45, 7) is 5.56. The first kappa shape index (κ1) is 17.5. The van der Waals surface area contributed by atoms with E-state index in [1.54, 1.807) is 42.5 Å². The standard InChI is InChI=1S/C19H19N3O4/c1-3-21(4-2)16-11-10-14(26-16)12-15-17(23)20-19(25)22(18(15)24)13-8-6-5-7-9-13/h5-12H,3-4H2,1-2H3,(H,20,23,25)/b15-12-. The van der Waals surface area contributed by atoms with Gasteiger partial charge in [-0.15, -0.1) is 0 Å². The lowest BCUT2D eigenvalue weighted by atomic mass is 10.1. The molecule has 4 amide bonds. The lowest BCUT2D eigenvalue weighted by Crippen LogP contribution is -2.54. The number of carbonyl (C=O) groups is 3. The van der Waals surface area contributed by atoms with E-state index in [0.717, 1.165) is 18.0 Å². The molecular formula is C19H19N3O4. The van der Waals surface area contributed by atoms with Crippen LogP contribution < -0.4 is 15.1 Å². The van der Waals surface area contributed by atoms with Gasteiger partial charge in [0, 0.05) is 19.2 Å². The molecule has 1 aliphatic rings. The smallest absolute Gasteiger partial charge is 0.335 e. The maximum atomic E-state index is 12.7. The van der Waals surface area contributed by atoms with Gasteiger partial charge in [0.25, 0.3) is 11.8 Å². The Labute approximate surface area is 150 Å². The number of amides is 4. The number of rotatable bonds is 5. The number of imide groups is 2. The molecule has 1 fully saturated rings. The van der Waals surface area contributed by atoms with Gasteiger partial charge in [-0.05, 0) is 38.1 Å². The van der Waals surface area contributed by atoms with Crippen LogP contribution in [-0.4, -0.2) is 30.9 Å². The van der Waals surface area contributed by atoms with Crippen LogP contribution in [0.25, 0.3) is 6.08 Å². The van der Waals surface area contributed by atoms with Gasteiger partial charge in [0.15, 0.2) is 5.88 Å². The molecule has 0 atom stereocenters. The van der Waals surface area contributed by atoms with Gasteiger partial charge in [0.05, 0.1) is 5.69 Å². The first-order chi connectivity index (χ1) is 12.5. The quantitative estimate of drug-likeness (QED) is 0.660. The van der Waals surface area contributed by atoms with Crippen molar-refractivity contribution < 1.29 is 18.8 Å². The lowest BCUT2D eigenvalue weighted by molar-refractivity contribution is -0.122. The maximum absolute atomic E-state index is 12.7. The second kappa shape index (κ2) is 7.26. The van der Waals surface area contributed by atoms with Crippen LogP contribution in [0.5, 0.6) is 0 Å². The average Bonchev–Trinajstić information content (AvgIpc) is 3.09. The van der Waals surface area contributed by atoms with E-state index in [9.17, 15) is 14.4 Å². The molecule has 7 nitrogen and oxygen atoms in total. The SMILES string of the molecule is CCN(CC)c1ccc(/C=C2/C(=O)NC(=O)N(c3ccccc3)C2=O)o1. The molecule has 1 aliphatic heterocycles. The summed E-state index contributed by atoms with van der Waals surface area (Å²) in [5.41, 5.74) is 0.227. The number of para-hydroxylation sites is 1. The Morgan fingerprint density at radius 1 is 1.04 bits per heavy atom. The molecule has 7 heteroatoms. The number of hydrogen-bond acceptors (Lipinski definition) is 5. The summed E-state index contributed by atoms with van der Waals surface area (Å²) in [5, 5.41) is 2.19. The summed E-state index contributed by atoms with van der Waals surface area (Å²) in [6, 6.07) is 11.1. The number of furan rings is 1. The summed E-state index contributed by atoms with van der Waals surface area (Å²) in [6.07, 6.45) is 1.35. The average molecular weight is 353 g/mol. The van der Waals surface area contributed by atoms with Crippen molar-refractivity contribution in [3.63, 3.8) is 0 Å². The third-order valence-corrected chi connectivity index (χ3v) is 4.09. The fourth-order valence-electron chi connectivity index (χ4n) is 2.74. The summed E-state index contributed by atoms with van der Waals surface area (Å²) in [4.78, 5) is 39.9. The number of benzene rings is 1. The molecular weight excluding hydrogens is 334 g/mol. The third-order valence-electron chi connectivity index (χ3n) is 4.09. The van der Waals surface area contributed by atoms with E-state index in [1.807, 2.05) is 18.7 Å². The Morgan fingerprint density at radius 2 is 1.73 bits per heavy atom. The van der Waals surface area contributed by atoms with Crippen molar-refractivity contribution in [2.75, 3.05) is 22.9 Å². The van der Waals surface area contributed by atoms with Crippen molar-refractivity contribution in [2.24, 2.45) is 0 Å². The van der Waals surface area contributed by atoms with Crippen LogP contribution in [-0.2, 0) is 9.59 Å². The van der Waals surface area contributed by atoms with Gasteiger partial charge in [0.1, 0.15) is 11.3 Å². The van der Waals surface area contributed by atoms with Crippen molar-refractivity contribution in [1.29, 1.82) is 0 Å². The largest absolute Gasteiger partial charge is 0.441 e. The topological polar surface area (TPSA) is 82.9 Å². The Balaban J connectivity index is 1.93. The monoisotopic (exact) mass is 353 g/mol. The first-order valence-corrected chi connectivity index (χ1v) is 8.36. The zero-order valence-corrected chi connectivity index (χ0v) is 14.6. The van der Waals surface area contributed by atoms with Crippen molar-refractivity contribution in [2.45, 2.75) is 13.8 Å². The maximum Gasteiger partial charge on any atom is 0.335 e. The molecule has 1 aromatic heterocycles. The molecule has 0 aliphatic carbocycles. The predicted octanol–water partition coefficient (Wildman–Crippen LogP) is 2.79. The van der Waals surface area contributed by atoms with Gasteiger partial charge in [0.2, 0.25) is 0 Å². The van der Waals surface area contributed by atoms with Crippen LogP contribution in [0, 0.1) is 0 Å². The fraction of sp³-hybridized carbons (Fsp3) is 0.211. The lowest BCUT2D eigenvalue weighted by Gasteiger charge is -2.26. The molecule has 1 saturated heterocycles. The van der Waals surface area contributed by atoms with Gasteiger partial charge >= 0.3 is 6.03 Å². The van der Waals surface area contributed by atoms with Crippen LogP contribution in [0.2, 0.25) is 0 Å². The van der Waals surface area contributed by atoms with Crippen LogP contribution >= 0.6 is 0 Å². The molecule has 0 saturated carbocycles. The third kappa shape index (κ3) is 3.23. The minimum atomic E-state index is -0.772. The van der Waals surface area contributed by atoms with Crippen molar-refractivity contribution >= 4 is 35.5 Å². The highest BCUT2D eigenvalue weighted by Gasteiger charge is 2.36. The second-order valence-corrected chi connectivity index (χ2v) is 5.64.